The summed E-state index contributed by atoms with van der Waals surface area (Å²) in [4.78, 5) is 21.9. The molecule has 0 saturated carbocycles. The molecule has 1 heterocycles. The minimum absolute atomic E-state index is 0.381. The number of nitrogens with one attached hydrogen (secondary N) is 1. The first-order valence-corrected chi connectivity index (χ1v) is 5.70. The van der Waals surface area contributed by atoms with Gasteiger partial charge in [-0.05, 0) is 30.0 Å². The number of rotatable bonds is 3. The normalized spacial score (nSPS) is 13.5. The fraction of sp³-hybridized carbons (Fsp3) is 0.385. The number of carbonyl (C=O) groups is 2. The lowest BCUT2D eigenvalue weighted by Gasteiger charge is -2.17. The van der Waals surface area contributed by atoms with Crippen LogP contribution in [-0.2, 0) is 22.6 Å². The van der Waals surface area contributed by atoms with Crippen molar-refractivity contribution in [3.05, 3.63) is 29.3 Å². The highest BCUT2D eigenvalue weighted by Gasteiger charge is 2.11. The zero-order valence-corrected chi connectivity index (χ0v) is 9.79. The van der Waals surface area contributed by atoms with Gasteiger partial charge in [-0.2, -0.15) is 0 Å². The van der Waals surface area contributed by atoms with Crippen LogP contribution in [0, 0.1) is 0 Å². The summed E-state index contributed by atoms with van der Waals surface area (Å²) in [6, 6.07) is 5.85. The Balaban J connectivity index is 2.02. The number of hydrogen-bond donors (Lipinski definition) is 1. The third kappa shape index (κ3) is 2.84. The third-order valence-electron chi connectivity index (χ3n) is 2.75. The molecule has 1 aromatic carbocycles. The van der Waals surface area contributed by atoms with Gasteiger partial charge in [0.25, 0.3) is 5.91 Å². The van der Waals surface area contributed by atoms with Crippen molar-refractivity contribution in [2.45, 2.75) is 26.3 Å². The second kappa shape index (κ2) is 4.99. The fourth-order valence-electron chi connectivity index (χ4n) is 1.83. The van der Waals surface area contributed by atoms with Crippen molar-refractivity contribution in [2.75, 3.05) is 6.61 Å². The van der Waals surface area contributed by atoms with Crippen LogP contribution in [0.15, 0.2) is 18.2 Å². The van der Waals surface area contributed by atoms with Crippen molar-refractivity contribution < 1.29 is 14.3 Å². The van der Waals surface area contributed by atoms with Gasteiger partial charge in [0.1, 0.15) is 5.75 Å². The molecular weight excluding hydrogens is 218 g/mol. The van der Waals surface area contributed by atoms with Gasteiger partial charge in [0.15, 0.2) is 0 Å². The standard InChI is InChI=1S/C13H15NO3/c1-9(15)13(16)14-8-10-4-5-12-11(7-10)3-2-6-17-12/h4-5,7H,2-3,6,8H2,1H3,(H,14,16). The molecule has 4 heteroatoms. The largest absolute Gasteiger partial charge is 0.493 e. The summed E-state index contributed by atoms with van der Waals surface area (Å²) < 4.78 is 5.50. The summed E-state index contributed by atoms with van der Waals surface area (Å²) in [7, 11) is 0. The highest BCUT2D eigenvalue weighted by molar-refractivity contribution is 6.35. The molecule has 0 bridgehead atoms. The van der Waals surface area contributed by atoms with Crippen LogP contribution in [0.3, 0.4) is 0 Å². The Bertz CT molecular complexity index is 454. The van der Waals surface area contributed by atoms with Gasteiger partial charge < -0.3 is 10.1 Å². The highest BCUT2D eigenvalue weighted by Crippen LogP contribution is 2.25. The Hall–Kier alpha value is -1.84. The van der Waals surface area contributed by atoms with E-state index in [0.29, 0.717) is 6.54 Å². The second-order valence-corrected chi connectivity index (χ2v) is 4.13. The molecule has 1 aliphatic heterocycles. The summed E-state index contributed by atoms with van der Waals surface area (Å²) in [5.41, 5.74) is 2.16. The molecule has 1 N–H and O–H groups in total. The Morgan fingerprint density at radius 1 is 1.41 bits per heavy atom. The first kappa shape index (κ1) is 11.6. The molecule has 0 aliphatic carbocycles. The first-order chi connectivity index (χ1) is 8.16. The molecule has 1 aromatic rings. The van der Waals surface area contributed by atoms with Crippen LogP contribution in [-0.4, -0.2) is 18.3 Å². The van der Waals surface area contributed by atoms with Gasteiger partial charge in [0.05, 0.1) is 6.61 Å². The predicted octanol–water partition coefficient (Wildman–Crippen LogP) is 1.22. The Morgan fingerprint density at radius 3 is 3.00 bits per heavy atom. The Morgan fingerprint density at radius 2 is 2.24 bits per heavy atom. The van der Waals surface area contributed by atoms with Crippen LogP contribution in [0.1, 0.15) is 24.5 Å². The summed E-state index contributed by atoms with van der Waals surface area (Å²) in [5.74, 6) is -0.0804. The van der Waals surface area contributed by atoms with E-state index in [-0.39, 0.29) is 0 Å². The zero-order chi connectivity index (χ0) is 12.3. The van der Waals surface area contributed by atoms with Crippen LogP contribution in [0.4, 0.5) is 0 Å². The van der Waals surface area contributed by atoms with Gasteiger partial charge in [0.2, 0.25) is 5.78 Å². The monoisotopic (exact) mass is 233 g/mol. The average molecular weight is 233 g/mol. The maximum atomic E-state index is 11.1. The van der Waals surface area contributed by atoms with E-state index in [9.17, 15) is 9.59 Å². The third-order valence-corrected chi connectivity index (χ3v) is 2.75. The topological polar surface area (TPSA) is 55.4 Å². The maximum absolute atomic E-state index is 11.1. The highest BCUT2D eigenvalue weighted by atomic mass is 16.5. The molecule has 17 heavy (non-hydrogen) atoms. The number of carbonyl (C=O) groups excluding carboxylic acids is 2. The summed E-state index contributed by atoms with van der Waals surface area (Å²) in [6.07, 6.45) is 2.03. The summed E-state index contributed by atoms with van der Waals surface area (Å²) >= 11 is 0. The van der Waals surface area contributed by atoms with E-state index in [1.165, 1.54) is 12.5 Å². The molecule has 0 saturated heterocycles. The molecule has 0 spiro atoms. The average Bonchev–Trinajstić information content (AvgIpc) is 2.35. The van der Waals surface area contributed by atoms with Crippen molar-refractivity contribution >= 4 is 11.7 Å². The molecule has 0 unspecified atom stereocenters. The van der Waals surface area contributed by atoms with Crippen molar-refractivity contribution in [3.8, 4) is 5.75 Å². The number of Topliss-reactive ketones (excluding diaryl/α,β-unsaturated/α-hetero) is 1. The number of aryl methyl sites for hydroxylation is 1. The molecule has 1 aliphatic rings. The molecule has 1 amide bonds. The molecule has 0 aromatic heterocycles. The van der Waals surface area contributed by atoms with E-state index in [1.807, 2.05) is 18.2 Å². The molecular formula is C13H15NO3. The number of amides is 1. The van der Waals surface area contributed by atoms with Gasteiger partial charge >= 0.3 is 0 Å². The number of benzene rings is 1. The lowest BCUT2D eigenvalue weighted by atomic mass is 10.0. The number of fused-ring (bicyclic) bond motifs is 1. The maximum Gasteiger partial charge on any atom is 0.287 e. The van der Waals surface area contributed by atoms with Crippen LogP contribution >= 0.6 is 0 Å². The van der Waals surface area contributed by atoms with Gasteiger partial charge in [-0.25, -0.2) is 0 Å². The van der Waals surface area contributed by atoms with Crippen LogP contribution < -0.4 is 10.1 Å². The lowest BCUT2D eigenvalue weighted by molar-refractivity contribution is -0.136. The van der Waals surface area contributed by atoms with Gasteiger partial charge in [-0.3, -0.25) is 9.59 Å². The fourth-order valence-corrected chi connectivity index (χ4v) is 1.83. The molecule has 2 rings (SSSR count). The molecule has 0 fully saturated rings. The molecule has 0 radical (unpaired) electrons. The Kier molecular flexibility index (Phi) is 3.42. The van der Waals surface area contributed by atoms with Crippen LogP contribution in [0.2, 0.25) is 0 Å². The quantitative estimate of drug-likeness (QED) is 0.798. The summed E-state index contributed by atoms with van der Waals surface area (Å²) in [5, 5.41) is 2.58. The zero-order valence-electron chi connectivity index (χ0n) is 9.79. The van der Waals surface area contributed by atoms with Crippen LogP contribution in [0.25, 0.3) is 0 Å². The molecule has 4 nitrogen and oxygen atoms in total. The van der Waals surface area contributed by atoms with E-state index in [4.69, 9.17) is 4.74 Å². The van der Waals surface area contributed by atoms with Crippen molar-refractivity contribution in [1.82, 2.24) is 5.32 Å². The van der Waals surface area contributed by atoms with Crippen molar-refractivity contribution in [2.24, 2.45) is 0 Å². The molecule has 0 atom stereocenters. The van der Waals surface area contributed by atoms with E-state index >= 15 is 0 Å². The van der Waals surface area contributed by atoms with E-state index in [1.54, 1.807) is 0 Å². The lowest BCUT2D eigenvalue weighted by Crippen LogP contribution is -2.28. The van der Waals surface area contributed by atoms with Crippen LogP contribution in [0.5, 0.6) is 5.75 Å². The van der Waals surface area contributed by atoms with Crippen molar-refractivity contribution in [3.63, 3.8) is 0 Å². The van der Waals surface area contributed by atoms with Gasteiger partial charge in [-0.1, -0.05) is 12.1 Å². The van der Waals surface area contributed by atoms with E-state index in [2.05, 4.69) is 5.32 Å². The minimum Gasteiger partial charge on any atom is -0.493 e. The predicted molar refractivity (Wildman–Crippen MR) is 62.8 cm³/mol. The van der Waals surface area contributed by atoms with Gasteiger partial charge in [-0.15, -0.1) is 0 Å². The number of hydrogen-bond acceptors (Lipinski definition) is 3. The number of ether oxygens (including phenoxy) is 1. The second-order valence-electron chi connectivity index (χ2n) is 4.13. The Labute approximate surface area is 100.0 Å². The van der Waals surface area contributed by atoms with E-state index in [0.717, 1.165) is 30.8 Å². The first-order valence-electron chi connectivity index (χ1n) is 5.70. The molecule has 90 valence electrons. The SMILES string of the molecule is CC(=O)C(=O)NCc1ccc2c(c1)CCCO2. The van der Waals surface area contributed by atoms with E-state index < -0.39 is 11.7 Å². The minimum atomic E-state index is -0.543. The van der Waals surface area contributed by atoms with Crippen molar-refractivity contribution in [1.29, 1.82) is 0 Å². The summed E-state index contributed by atoms with van der Waals surface area (Å²) in [6.45, 7) is 2.41. The number of ketones is 1. The smallest absolute Gasteiger partial charge is 0.287 e. The van der Waals surface area contributed by atoms with Gasteiger partial charge in [0, 0.05) is 13.5 Å².